The van der Waals surface area contributed by atoms with Crippen molar-refractivity contribution in [3.63, 3.8) is 0 Å². The third-order valence-corrected chi connectivity index (χ3v) is 9.41. The summed E-state index contributed by atoms with van der Waals surface area (Å²) < 4.78 is 11.7. The first-order valence-corrected chi connectivity index (χ1v) is 10.9. The number of carbonyl (C=O) groups excluding carboxylic acids is 1. The highest BCUT2D eigenvalue weighted by Crippen LogP contribution is 2.74. The first kappa shape index (κ1) is 18.7. The number of carbonyl (C=O) groups is 1. The summed E-state index contributed by atoms with van der Waals surface area (Å²) in [6, 6.07) is 0. The lowest BCUT2D eigenvalue weighted by atomic mass is 9.47. The number of allylic oxidation sites excluding steroid dienone is 1. The van der Waals surface area contributed by atoms with Gasteiger partial charge in [0.2, 0.25) is 0 Å². The van der Waals surface area contributed by atoms with Gasteiger partial charge in [0.15, 0.2) is 0 Å². The van der Waals surface area contributed by atoms with Gasteiger partial charge in [0.1, 0.15) is 11.7 Å². The van der Waals surface area contributed by atoms with E-state index in [1.54, 1.807) is 0 Å². The molecule has 1 aliphatic heterocycles. The van der Waals surface area contributed by atoms with Crippen LogP contribution in [0.1, 0.15) is 65.7 Å². The number of esters is 1. The number of rotatable bonds is 3. The van der Waals surface area contributed by atoms with Gasteiger partial charge in [-0.05, 0) is 61.7 Å². The molecule has 0 aromatic carbocycles. The number of hydrogen-bond acceptors (Lipinski definition) is 5. The summed E-state index contributed by atoms with van der Waals surface area (Å²) in [6.45, 7) is 10.4. The number of hydrogen-bond donors (Lipinski definition) is 2. The van der Waals surface area contributed by atoms with E-state index in [0.717, 1.165) is 38.5 Å². The zero-order valence-corrected chi connectivity index (χ0v) is 17.3. The molecule has 0 aromatic heterocycles. The summed E-state index contributed by atoms with van der Waals surface area (Å²) in [5.41, 5.74) is 4.37. The Balaban J connectivity index is 1.42. The minimum atomic E-state index is -0.380. The van der Waals surface area contributed by atoms with Crippen molar-refractivity contribution in [2.75, 3.05) is 0 Å². The van der Waals surface area contributed by atoms with E-state index in [1.807, 2.05) is 0 Å². The van der Waals surface area contributed by atoms with Crippen LogP contribution in [0.25, 0.3) is 0 Å². The topological polar surface area (TPSA) is 71.1 Å². The molecule has 5 rings (SSSR count). The second-order valence-electron chi connectivity index (χ2n) is 10.4. The van der Waals surface area contributed by atoms with Crippen molar-refractivity contribution in [2.24, 2.45) is 28.6 Å². The van der Waals surface area contributed by atoms with Gasteiger partial charge in [0, 0.05) is 18.8 Å². The minimum absolute atomic E-state index is 0.0439. The fraction of sp³-hybridized carbons (Fsp3) is 0.783. The van der Waals surface area contributed by atoms with Crippen molar-refractivity contribution in [1.82, 2.24) is 5.48 Å². The summed E-state index contributed by atoms with van der Waals surface area (Å²) >= 11 is 0. The molecule has 0 bridgehead atoms. The molecule has 0 unspecified atom stereocenters. The Labute approximate surface area is 167 Å². The third kappa shape index (κ3) is 2.18. The monoisotopic (exact) mass is 387 g/mol. The van der Waals surface area contributed by atoms with E-state index in [-0.39, 0.29) is 34.6 Å². The van der Waals surface area contributed by atoms with Crippen LogP contribution in [0.2, 0.25) is 0 Å². The van der Waals surface area contributed by atoms with Crippen LogP contribution in [0, 0.1) is 28.6 Å². The average molecular weight is 388 g/mol. The molecule has 8 atom stereocenters. The van der Waals surface area contributed by atoms with Crippen molar-refractivity contribution >= 4 is 5.97 Å². The van der Waals surface area contributed by atoms with E-state index in [1.165, 1.54) is 18.9 Å². The molecular formula is C23H33NO4. The van der Waals surface area contributed by atoms with Gasteiger partial charge in [-0.2, -0.15) is 0 Å². The molecule has 28 heavy (non-hydrogen) atoms. The quantitative estimate of drug-likeness (QED) is 0.330. The molecule has 1 saturated heterocycles. The average Bonchev–Trinajstić information content (AvgIpc) is 3.33. The maximum absolute atomic E-state index is 11.4. The van der Waals surface area contributed by atoms with E-state index < -0.39 is 0 Å². The molecular weight excluding hydrogens is 354 g/mol. The molecule has 5 aliphatic rings. The molecule has 0 radical (unpaired) electrons. The Bertz CT molecular complexity index is 762. The van der Waals surface area contributed by atoms with Gasteiger partial charge in [-0.15, -0.1) is 0 Å². The van der Waals surface area contributed by atoms with Crippen molar-refractivity contribution in [1.29, 1.82) is 0 Å². The molecule has 0 amide bonds. The zero-order valence-electron chi connectivity index (χ0n) is 17.3. The normalized spacial score (nSPS) is 51.0. The molecule has 154 valence electrons. The largest absolute Gasteiger partial charge is 0.462 e. The van der Waals surface area contributed by atoms with Crippen LogP contribution >= 0.6 is 0 Å². The maximum Gasteiger partial charge on any atom is 0.302 e. The van der Waals surface area contributed by atoms with E-state index in [0.29, 0.717) is 23.5 Å². The summed E-state index contributed by atoms with van der Waals surface area (Å²) in [4.78, 5) is 11.4. The van der Waals surface area contributed by atoms with Crippen molar-refractivity contribution in [3.05, 3.63) is 23.9 Å². The summed E-state index contributed by atoms with van der Waals surface area (Å²) in [5, 5.41) is 9.53. The van der Waals surface area contributed by atoms with Gasteiger partial charge in [-0.3, -0.25) is 15.5 Å². The number of fused-ring (bicyclic) bond motifs is 7. The van der Waals surface area contributed by atoms with Crippen molar-refractivity contribution in [3.8, 4) is 0 Å². The lowest BCUT2D eigenvalue weighted by molar-refractivity contribution is -0.148. The molecule has 0 aromatic rings. The molecule has 2 N–H and O–H groups in total. The number of nitrogens with one attached hydrogen (secondary N) is 1. The predicted molar refractivity (Wildman–Crippen MR) is 104 cm³/mol. The summed E-state index contributed by atoms with van der Waals surface area (Å²) in [7, 11) is 0. The van der Waals surface area contributed by atoms with Crippen LogP contribution < -0.4 is 5.48 Å². The van der Waals surface area contributed by atoms with Crippen molar-refractivity contribution < 1.29 is 19.5 Å². The zero-order chi connectivity index (χ0) is 19.9. The van der Waals surface area contributed by atoms with Crippen LogP contribution in [0.15, 0.2) is 23.9 Å². The van der Waals surface area contributed by atoms with E-state index in [2.05, 4.69) is 32.0 Å². The highest BCUT2D eigenvalue weighted by Gasteiger charge is 2.78. The van der Waals surface area contributed by atoms with Gasteiger partial charge in [0.05, 0.1) is 11.8 Å². The molecule has 0 spiro atoms. The molecule has 1 heterocycles. The fourth-order valence-corrected chi connectivity index (χ4v) is 8.01. The van der Waals surface area contributed by atoms with Crippen LogP contribution in [0.5, 0.6) is 0 Å². The molecule has 5 nitrogen and oxygen atoms in total. The lowest BCUT2D eigenvalue weighted by Crippen LogP contribution is -2.54. The Morgan fingerprint density at radius 1 is 1.32 bits per heavy atom. The minimum Gasteiger partial charge on any atom is -0.462 e. The van der Waals surface area contributed by atoms with Crippen LogP contribution in [0.4, 0.5) is 0 Å². The Kier molecular flexibility index (Phi) is 3.90. The predicted octanol–water partition coefficient (Wildman–Crippen LogP) is 4.12. The van der Waals surface area contributed by atoms with Crippen LogP contribution in [-0.4, -0.2) is 29.0 Å². The molecule has 5 heteroatoms. The number of ether oxygens (including phenoxy) is 2. The first-order chi connectivity index (χ1) is 13.3. The Morgan fingerprint density at radius 2 is 2.11 bits per heavy atom. The van der Waals surface area contributed by atoms with Gasteiger partial charge >= 0.3 is 5.97 Å². The molecule has 4 fully saturated rings. The smallest absolute Gasteiger partial charge is 0.302 e. The van der Waals surface area contributed by atoms with E-state index >= 15 is 0 Å². The highest BCUT2D eigenvalue weighted by atomic mass is 16.6. The Hall–Kier alpha value is -1.33. The standard InChI is InChI=1S/C23H33NO4/c1-13(24-26)23-20(28-23)12-19-17-6-5-15-11-16(27-14(2)25)7-9-21(15,3)18(17)8-10-22(19,23)4/h5,16-20,24,26H,1,6-12H2,2-4H3/t16-,17-,18+,19-,20-,21+,22-,23-/m1/s1. The lowest BCUT2D eigenvalue weighted by Gasteiger charge is -2.58. The summed E-state index contributed by atoms with van der Waals surface area (Å²) in [5.74, 6) is 1.80. The van der Waals surface area contributed by atoms with E-state index in [4.69, 9.17) is 9.47 Å². The molecule has 4 aliphatic carbocycles. The Morgan fingerprint density at radius 3 is 2.82 bits per heavy atom. The number of hydroxylamine groups is 1. The highest BCUT2D eigenvalue weighted by molar-refractivity contribution is 5.66. The van der Waals surface area contributed by atoms with E-state index in [9.17, 15) is 10.0 Å². The summed E-state index contributed by atoms with van der Waals surface area (Å²) in [6.07, 6.45) is 10.2. The van der Waals surface area contributed by atoms with Crippen LogP contribution in [-0.2, 0) is 14.3 Å². The second kappa shape index (κ2) is 5.85. The van der Waals surface area contributed by atoms with Gasteiger partial charge in [0.25, 0.3) is 0 Å². The SMILES string of the molecule is C=C(NO)[C@@]12O[C@@H]1C[C@@H]1[C@@H]3CC=C4C[C@H](OC(C)=O)CC[C@]4(C)[C@H]3CC[C@]12C. The number of epoxide rings is 1. The van der Waals surface area contributed by atoms with Gasteiger partial charge in [-0.1, -0.05) is 32.1 Å². The van der Waals surface area contributed by atoms with Crippen molar-refractivity contribution in [2.45, 2.75) is 83.5 Å². The maximum atomic E-state index is 11.4. The second-order valence-corrected chi connectivity index (χ2v) is 10.4. The first-order valence-electron chi connectivity index (χ1n) is 10.9. The van der Waals surface area contributed by atoms with Gasteiger partial charge < -0.3 is 9.47 Å². The molecule has 3 saturated carbocycles. The van der Waals surface area contributed by atoms with Crippen LogP contribution in [0.3, 0.4) is 0 Å². The third-order valence-electron chi connectivity index (χ3n) is 9.41. The van der Waals surface area contributed by atoms with Gasteiger partial charge in [-0.25, -0.2) is 0 Å². The fourth-order valence-electron chi connectivity index (χ4n) is 8.01.